The summed E-state index contributed by atoms with van der Waals surface area (Å²) in [4.78, 5) is 4.41. The van der Waals surface area contributed by atoms with E-state index in [1.807, 2.05) is 0 Å². The maximum absolute atomic E-state index is 5.47. The third-order valence-corrected chi connectivity index (χ3v) is 2.15. The lowest BCUT2D eigenvalue weighted by Crippen LogP contribution is -2.29. The SMILES string of the molecule is CC(C)COCCNC1=NCCCC1. The van der Waals surface area contributed by atoms with Gasteiger partial charge in [-0.05, 0) is 18.8 Å². The number of ether oxygens (including phenoxy) is 1. The molecule has 0 spiro atoms. The third-order valence-electron chi connectivity index (χ3n) is 2.15. The van der Waals surface area contributed by atoms with Gasteiger partial charge in [-0.2, -0.15) is 0 Å². The van der Waals surface area contributed by atoms with Crippen LogP contribution in [-0.2, 0) is 4.74 Å². The molecule has 0 amide bonds. The number of nitrogens with one attached hydrogen (secondary N) is 1. The Bertz CT molecular complexity index is 178. The van der Waals surface area contributed by atoms with Crippen LogP contribution in [0.1, 0.15) is 33.1 Å². The van der Waals surface area contributed by atoms with E-state index in [2.05, 4.69) is 24.2 Å². The average molecular weight is 198 g/mol. The highest BCUT2D eigenvalue weighted by Crippen LogP contribution is 2.03. The quantitative estimate of drug-likeness (QED) is 0.684. The molecular weight excluding hydrogens is 176 g/mol. The highest BCUT2D eigenvalue weighted by Gasteiger charge is 2.03. The molecule has 3 heteroatoms. The minimum atomic E-state index is 0.627. The van der Waals surface area contributed by atoms with Gasteiger partial charge in [0.05, 0.1) is 12.4 Å². The summed E-state index contributed by atoms with van der Waals surface area (Å²) in [6, 6.07) is 0. The van der Waals surface area contributed by atoms with Crippen molar-refractivity contribution in [1.29, 1.82) is 0 Å². The van der Waals surface area contributed by atoms with Gasteiger partial charge in [-0.15, -0.1) is 0 Å². The van der Waals surface area contributed by atoms with Crippen molar-refractivity contribution in [1.82, 2.24) is 5.32 Å². The van der Waals surface area contributed by atoms with Gasteiger partial charge in [0.25, 0.3) is 0 Å². The van der Waals surface area contributed by atoms with Crippen LogP contribution in [0.25, 0.3) is 0 Å². The van der Waals surface area contributed by atoms with Crippen LogP contribution >= 0.6 is 0 Å². The van der Waals surface area contributed by atoms with Gasteiger partial charge in [0, 0.05) is 26.1 Å². The van der Waals surface area contributed by atoms with Crippen LogP contribution in [0.3, 0.4) is 0 Å². The first-order valence-electron chi connectivity index (χ1n) is 5.64. The molecule has 3 nitrogen and oxygen atoms in total. The first-order chi connectivity index (χ1) is 6.79. The summed E-state index contributed by atoms with van der Waals surface area (Å²) >= 11 is 0. The van der Waals surface area contributed by atoms with Crippen molar-refractivity contribution in [3.63, 3.8) is 0 Å². The lowest BCUT2D eigenvalue weighted by Gasteiger charge is -2.14. The third kappa shape index (κ3) is 5.22. The first kappa shape index (κ1) is 11.5. The Balaban J connectivity index is 1.95. The molecule has 0 aliphatic carbocycles. The largest absolute Gasteiger partial charge is 0.379 e. The molecule has 14 heavy (non-hydrogen) atoms. The molecule has 1 aliphatic heterocycles. The van der Waals surface area contributed by atoms with Crippen LogP contribution in [0.15, 0.2) is 4.99 Å². The van der Waals surface area contributed by atoms with E-state index in [0.717, 1.165) is 32.7 Å². The van der Waals surface area contributed by atoms with Gasteiger partial charge < -0.3 is 10.1 Å². The fraction of sp³-hybridized carbons (Fsp3) is 0.909. The van der Waals surface area contributed by atoms with E-state index >= 15 is 0 Å². The van der Waals surface area contributed by atoms with Crippen molar-refractivity contribution in [3.8, 4) is 0 Å². The van der Waals surface area contributed by atoms with Crippen LogP contribution in [0.4, 0.5) is 0 Å². The predicted molar refractivity (Wildman–Crippen MR) is 59.8 cm³/mol. The molecule has 0 aromatic carbocycles. The van der Waals surface area contributed by atoms with Crippen molar-refractivity contribution in [3.05, 3.63) is 0 Å². The summed E-state index contributed by atoms with van der Waals surface area (Å²) < 4.78 is 5.47. The number of hydrogen-bond donors (Lipinski definition) is 1. The Morgan fingerprint density at radius 2 is 2.29 bits per heavy atom. The monoisotopic (exact) mass is 198 g/mol. The first-order valence-corrected chi connectivity index (χ1v) is 5.64. The van der Waals surface area contributed by atoms with Gasteiger partial charge >= 0.3 is 0 Å². The van der Waals surface area contributed by atoms with Gasteiger partial charge in [0.2, 0.25) is 0 Å². The Kier molecular flexibility index (Phi) is 5.60. The predicted octanol–water partition coefficient (Wildman–Crippen LogP) is 1.83. The molecular formula is C11H22N2O. The Morgan fingerprint density at radius 1 is 1.43 bits per heavy atom. The van der Waals surface area contributed by atoms with Gasteiger partial charge in [0.15, 0.2) is 0 Å². The number of aliphatic imine (C=N–C) groups is 1. The zero-order chi connectivity index (χ0) is 10.2. The smallest absolute Gasteiger partial charge is 0.0963 e. The summed E-state index contributed by atoms with van der Waals surface area (Å²) in [5.74, 6) is 1.80. The van der Waals surface area contributed by atoms with E-state index in [0.29, 0.717) is 5.92 Å². The van der Waals surface area contributed by atoms with E-state index < -0.39 is 0 Å². The molecule has 0 saturated carbocycles. The van der Waals surface area contributed by atoms with Gasteiger partial charge in [-0.25, -0.2) is 0 Å². The molecule has 0 saturated heterocycles. The summed E-state index contributed by atoms with van der Waals surface area (Å²) in [5.41, 5.74) is 0. The number of rotatable bonds is 5. The van der Waals surface area contributed by atoms with Crippen molar-refractivity contribution < 1.29 is 4.74 Å². The standard InChI is InChI=1S/C11H22N2O/c1-10(2)9-14-8-7-13-11-5-3-4-6-12-11/h10H,3-9H2,1-2H3,(H,12,13). The molecule has 1 N–H and O–H groups in total. The number of nitrogens with zero attached hydrogens (tertiary/aromatic N) is 1. The van der Waals surface area contributed by atoms with Crippen LogP contribution in [0.5, 0.6) is 0 Å². The second kappa shape index (κ2) is 6.82. The summed E-state index contributed by atoms with van der Waals surface area (Å²) in [6.07, 6.45) is 3.64. The van der Waals surface area contributed by atoms with E-state index in [9.17, 15) is 0 Å². The number of amidine groups is 1. The fourth-order valence-electron chi connectivity index (χ4n) is 1.43. The summed E-state index contributed by atoms with van der Waals surface area (Å²) in [7, 11) is 0. The van der Waals surface area contributed by atoms with Crippen LogP contribution < -0.4 is 5.32 Å². The van der Waals surface area contributed by atoms with Gasteiger partial charge in [-0.3, -0.25) is 4.99 Å². The highest BCUT2D eigenvalue weighted by atomic mass is 16.5. The van der Waals surface area contributed by atoms with E-state index in [1.54, 1.807) is 0 Å². The zero-order valence-corrected chi connectivity index (χ0v) is 9.38. The van der Waals surface area contributed by atoms with Crippen LogP contribution in [0, 0.1) is 5.92 Å². The van der Waals surface area contributed by atoms with Crippen molar-refractivity contribution in [2.45, 2.75) is 33.1 Å². The van der Waals surface area contributed by atoms with E-state index in [4.69, 9.17) is 4.74 Å². The summed E-state index contributed by atoms with van der Waals surface area (Å²) in [6.45, 7) is 7.86. The molecule has 0 aromatic heterocycles. The van der Waals surface area contributed by atoms with E-state index in [1.165, 1.54) is 18.7 Å². The lowest BCUT2D eigenvalue weighted by molar-refractivity contribution is 0.114. The molecule has 82 valence electrons. The molecule has 0 unspecified atom stereocenters. The van der Waals surface area contributed by atoms with Crippen molar-refractivity contribution >= 4 is 5.84 Å². The molecule has 0 atom stereocenters. The second-order valence-electron chi connectivity index (χ2n) is 4.18. The van der Waals surface area contributed by atoms with Crippen molar-refractivity contribution in [2.24, 2.45) is 10.9 Å². The maximum atomic E-state index is 5.47. The minimum absolute atomic E-state index is 0.627. The Labute approximate surface area is 86.9 Å². The molecule has 0 radical (unpaired) electrons. The molecule has 0 aromatic rings. The Morgan fingerprint density at radius 3 is 2.93 bits per heavy atom. The maximum Gasteiger partial charge on any atom is 0.0963 e. The second-order valence-corrected chi connectivity index (χ2v) is 4.18. The lowest BCUT2D eigenvalue weighted by atomic mass is 10.2. The van der Waals surface area contributed by atoms with Crippen molar-refractivity contribution in [2.75, 3.05) is 26.3 Å². The molecule has 0 fully saturated rings. The fourth-order valence-corrected chi connectivity index (χ4v) is 1.43. The minimum Gasteiger partial charge on any atom is -0.379 e. The Hall–Kier alpha value is -0.570. The van der Waals surface area contributed by atoms with E-state index in [-0.39, 0.29) is 0 Å². The van der Waals surface area contributed by atoms with Gasteiger partial charge in [0.1, 0.15) is 0 Å². The van der Waals surface area contributed by atoms with Crippen LogP contribution in [-0.4, -0.2) is 32.1 Å². The molecule has 0 bridgehead atoms. The highest BCUT2D eigenvalue weighted by molar-refractivity contribution is 5.82. The normalized spacial score (nSPS) is 16.9. The van der Waals surface area contributed by atoms with Gasteiger partial charge in [-0.1, -0.05) is 13.8 Å². The average Bonchev–Trinajstić information content (AvgIpc) is 2.18. The molecule has 1 rings (SSSR count). The molecule has 1 heterocycles. The molecule has 1 aliphatic rings. The topological polar surface area (TPSA) is 33.6 Å². The van der Waals surface area contributed by atoms with Crippen LogP contribution in [0.2, 0.25) is 0 Å². The number of hydrogen-bond acceptors (Lipinski definition) is 3. The zero-order valence-electron chi connectivity index (χ0n) is 9.38. The summed E-state index contributed by atoms with van der Waals surface area (Å²) in [5, 5.41) is 3.32.